The van der Waals surface area contributed by atoms with Gasteiger partial charge in [0.05, 0.1) is 6.54 Å². The summed E-state index contributed by atoms with van der Waals surface area (Å²) in [6, 6.07) is 9.95. The molecule has 2 aromatic heterocycles. The lowest BCUT2D eigenvalue weighted by atomic mass is 10.0. The number of amides is 2. The molecule has 0 bridgehead atoms. The summed E-state index contributed by atoms with van der Waals surface area (Å²) >= 11 is 0. The van der Waals surface area contributed by atoms with Crippen LogP contribution < -0.4 is 10.6 Å². The summed E-state index contributed by atoms with van der Waals surface area (Å²) in [5, 5.41) is 13.6. The van der Waals surface area contributed by atoms with Crippen LogP contribution in [0, 0.1) is 11.7 Å². The van der Waals surface area contributed by atoms with Crippen molar-refractivity contribution >= 4 is 17.5 Å². The van der Waals surface area contributed by atoms with Gasteiger partial charge in [0.2, 0.25) is 5.91 Å². The predicted molar refractivity (Wildman–Crippen MR) is 97.3 cm³/mol. The van der Waals surface area contributed by atoms with E-state index in [4.69, 9.17) is 0 Å². The number of rotatable bonds is 6. The Hall–Kier alpha value is -3.29. The monoisotopic (exact) mass is 369 g/mol. The van der Waals surface area contributed by atoms with Crippen molar-refractivity contribution in [3.63, 3.8) is 0 Å². The Labute approximate surface area is 155 Å². The summed E-state index contributed by atoms with van der Waals surface area (Å²) in [4.78, 5) is 24.9. The number of aromatic nitrogens is 3. The minimum atomic E-state index is -0.735. The molecule has 3 rings (SSSR count). The molecule has 140 valence electrons. The number of fused-ring (bicyclic) bond motifs is 1. The summed E-state index contributed by atoms with van der Waals surface area (Å²) in [7, 11) is 0. The lowest BCUT2D eigenvalue weighted by Gasteiger charge is -2.21. The van der Waals surface area contributed by atoms with Crippen LogP contribution in [0.25, 0.3) is 5.65 Å². The Bertz CT molecular complexity index is 952. The van der Waals surface area contributed by atoms with Crippen LogP contribution in [0.3, 0.4) is 0 Å². The number of pyridine rings is 1. The second-order valence-corrected chi connectivity index (χ2v) is 6.46. The molecule has 7 nitrogen and oxygen atoms in total. The van der Waals surface area contributed by atoms with Crippen molar-refractivity contribution in [3.05, 3.63) is 65.9 Å². The van der Waals surface area contributed by atoms with E-state index in [9.17, 15) is 14.0 Å². The van der Waals surface area contributed by atoms with Crippen LogP contribution in [0.4, 0.5) is 4.39 Å². The van der Waals surface area contributed by atoms with E-state index in [0.717, 1.165) is 0 Å². The molecule has 2 N–H and O–H groups in total. The van der Waals surface area contributed by atoms with Gasteiger partial charge in [-0.2, -0.15) is 0 Å². The zero-order chi connectivity index (χ0) is 19.4. The molecule has 0 spiro atoms. The molecular weight excluding hydrogens is 349 g/mol. The Kier molecular flexibility index (Phi) is 5.44. The number of nitrogens with zero attached hydrogens (tertiary/aromatic N) is 3. The van der Waals surface area contributed by atoms with Gasteiger partial charge in [-0.1, -0.05) is 19.9 Å². The van der Waals surface area contributed by atoms with Crippen LogP contribution in [-0.2, 0) is 11.3 Å². The van der Waals surface area contributed by atoms with Crippen molar-refractivity contribution in [2.24, 2.45) is 5.92 Å². The fraction of sp³-hybridized carbons (Fsp3) is 0.263. The van der Waals surface area contributed by atoms with Gasteiger partial charge in [-0.25, -0.2) is 4.39 Å². The molecule has 2 amide bonds. The van der Waals surface area contributed by atoms with Crippen molar-refractivity contribution in [3.8, 4) is 0 Å². The first kappa shape index (κ1) is 18.5. The van der Waals surface area contributed by atoms with E-state index in [1.54, 1.807) is 4.40 Å². The highest BCUT2D eigenvalue weighted by Crippen LogP contribution is 2.08. The second-order valence-electron chi connectivity index (χ2n) is 6.46. The van der Waals surface area contributed by atoms with Crippen LogP contribution >= 0.6 is 0 Å². The highest BCUT2D eigenvalue weighted by molar-refractivity contribution is 5.97. The summed E-state index contributed by atoms with van der Waals surface area (Å²) < 4.78 is 14.8. The Morgan fingerprint density at radius 3 is 2.56 bits per heavy atom. The quantitative estimate of drug-likeness (QED) is 0.695. The summed E-state index contributed by atoms with van der Waals surface area (Å²) in [6.45, 7) is 3.85. The molecule has 0 radical (unpaired) electrons. The van der Waals surface area contributed by atoms with E-state index >= 15 is 0 Å². The van der Waals surface area contributed by atoms with Crippen LogP contribution in [0.2, 0.25) is 0 Å². The maximum atomic E-state index is 13.0. The van der Waals surface area contributed by atoms with Crippen molar-refractivity contribution in [2.75, 3.05) is 0 Å². The van der Waals surface area contributed by atoms with Crippen molar-refractivity contribution in [1.82, 2.24) is 25.2 Å². The molecule has 0 aliphatic heterocycles. The van der Waals surface area contributed by atoms with Crippen LogP contribution in [0.1, 0.15) is 30.0 Å². The first-order chi connectivity index (χ1) is 13.0. The summed E-state index contributed by atoms with van der Waals surface area (Å²) in [5.41, 5.74) is 0.977. The number of halogens is 1. The van der Waals surface area contributed by atoms with E-state index in [1.165, 1.54) is 24.3 Å². The lowest BCUT2D eigenvalue weighted by molar-refractivity contribution is -0.124. The van der Waals surface area contributed by atoms with Gasteiger partial charge in [0.25, 0.3) is 5.91 Å². The first-order valence-electron chi connectivity index (χ1n) is 8.58. The molecule has 1 aromatic carbocycles. The third-order valence-corrected chi connectivity index (χ3v) is 4.15. The van der Waals surface area contributed by atoms with Gasteiger partial charge in [-0.15, -0.1) is 10.2 Å². The maximum absolute atomic E-state index is 13.0. The molecule has 27 heavy (non-hydrogen) atoms. The topological polar surface area (TPSA) is 88.4 Å². The average molecular weight is 369 g/mol. The van der Waals surface area contributed by atoms with Gasteiger partial charge >= 0.3 is 0 Å². The molecule has 0 saturated heterocycles. The van der Waals surface area contributed by atoms with E-state index in [2.05, 4.69) is 20.8 Å². The molecule has 0 aliphatic carbocycles. The zero-order valence-corrected chi connectivity index (χ0v) is 15.0. The maximum Gasteiger partial charge on any atom is 0.251 e. The second kappa shape index (κ2) is 7.94. The minimum absolute atomic E-state index is 0.135. The number of carbonyl (C=O) groups excluding carboxylic acids is 2. The molecule has 0 fully saturated rings. The molecule has 3 aromatic rings. The van der Waals surface area contributed by atoms with Gasteiger partial charge in [-0.05, 0) is 42.3 Å². The molecule has 1 atom stereocenters. The van der Waals surface area contributed by atoms with Gasteiger partial charge in [0.1, 0.15) is 11.9 Å². The van der Waals surface area contributed by atoms with E-state index in [0.29, 0.717) is 17.0 Å². The predicted octanol–water partition coefficient (Wildman–Crippen LogP) is 1.94. The summed E-state index contributed by atoms with van der Waals surface area (Å²) in [6.07, 6.45) is 1.81. The largest absolute Gasteiger partial charge is 0.347 e. The molecule has 2 heterocycles. The molecule has 0 saturated carbocycles. The van der Waals surface area contributed by atoms with Gasteiger partial charge in [0, 0.05) is 11.8 Å². The fourth-order valence-corrected chi connectivity index (χ4v) is 2.65. The summed E-state index contributed by atoms with van der Waals surface area (Å²) in [5.74, 6) is -0.731. The lowest BCUT2D eigenvalue weighted by Crippen LogP contribution is -2.49. The SMILES string of the molecule is CC(C)[C@H](NC(=O)c1ccc(F)cc1)C(=O)NCc1nnc2ccccn12. The number of hydrogen-bond acceptors (Lipinski definition) is 4. The minimum Gasteiger partial charge on any atom is -0.347 e. The van der Waals surface area contributed by atoms with Crippen LogP contribution in [0.15, 0.2) is 48.7 Å². The third kappa shape index (κ3) is 4.28. The zero-order valence-electron chi connectivity index (χ0n) is 15.0. The van der Waals surface area contributed by atoms with Crippen molar-refractivity contribution in [1.29, 1.82) is 0 Å². The molecular formula is C19H20FN5O2. The van der Waals surface area contributed by atoms with Crippen LogP contribution in [-0.4, -0.2) is 32.5 Å². The average Bonchev–Trinajstić information content (AvgIpc) is 3.07. The Morgan fingerprint density at radius 2 is 1.85 bits per heavy atom. The number of nitrogens with one attached hydrogen (secondary N) is 2. The van der Waals surface area contributed by atoms with E-state index in [1.807, 2.05) is 38.2 Å². The van der Waals surface area contributed by atoms with E-state index < -0.39 is 17.8 Å². The smallest absolute Gasteiger partial charge is 0.251 e. The van der Waals surface area contributed by atoms with E-state index in [-0.39, 0.29) is 18.4 Å². The van der Waals surface area contributed by atoms with Crippen LogP contribution in [0.5, 0.6) is 0 Å². The highest BCUT2D eigenvalue weighted by atomic mass is 19.1. The van der Waals surface area contributed by atoms with Crippen molar-refractivity contribution < 1.29 is 14.0 Å². The molecule has 0 unspecified atom stereocenters. The Morgan fingerprint density at radius 1 is 1.11 bits per heavy atom. The Balaban J connectivity index is 1.66. The molecule has 8 heteroatoms. The third-order valence-electron chi connectivity index (χ3n) is 4.15. The van der Waals surface area contributed by atoms with Gasteiger partial charge in [0.15, 0.2) is 11.5 Å². The molecule has 0 aliphatic rings. The number of benzene rings is 1. The fourth-order valence-electron chi connectivity index (χ4n) is 2.65. The normalized spacial score (nSPS) is 12.1. The van der Waals surface area contributed by atoms with Gasteiger partial charge < -0.3 is 10.6 Å². The van der Waals surface area contributed by atoms with Gasteiger partial charge in [-0.3, -0.25) is 14.0 Å². The number of carbonyl (C=O) groups is 2. The highest BCUT2D eigenvalue weighted by Gasteiger charge is 2.25. The standard InChI is InChI=1S/C19H20FN5O2/c1-12(2)17(22-18(26)13-6-8-14(20)9-7-13)19(27)21-11-16-24-23-15-5-3-4-10-25(15)16/h3-10,12,17H,11H2,1-2H3,(H,21,27)(H,22,26)/t17-/m0/s1. The van der Waals surface area contributed by atoms with Crippen molar-refractivity contribution in [2.45, 2.75) is 26.4 Å². The first-order valence-corrected chi connectivity index (χ1v) is 8.58. The number of hydrogen-bond donors (Lipinski definition) is 2.